The highest BCUT2D eigenvalue weighted by Gasteiger charge is 2.26. The Morgan fingerprint density at radius 3 is 2.10 bits per heavy atom. The van der Waals surface area contributed by atoms with Crippen LogP contribution in [0, 0.1) is 0 Å². The van der Waals surface area contributed by atoms with Crippen LogP contribution in [0.3, 0.4) is 0 Å². The zero-order valence-corrected chi connectivity index (χ0v) is 15.4. The molecule has 0 saturated heterocycles. The van der Waals surface area contributed by atoms with Crippen LogP contribution in [0.2, 0.25) is 0 Å². The first-order valence-electron chi connectivity index (χ1n) is 8.28. The minimum Gasteiger partial charge on any atom is -0.257 e. The third kappa shape index (κ3) is 3.75. The molecule has 1 fully saturated rings. The van der Waals surface area contributed by atoms with Crippen LogP contribution < -0.4 is 0 Å². The van der Waals surface area contributed by atoms with Gasteiger partial charge in [-0.05, 0) is 55.6 Å². The molecule has 1 nitrogen and oxygen atoms in total. The zero-order chi connectivity index (χ0) is 15.6. The predicted octanol–water partition coefficient (Wildman–Crippen LogP) is 6.30. The molecule has 21 heavy (non-hydrogen) atoms. The molecule has 1 saturated carbocycles. The average Bonchev–Trinajstić information content (AvgIpc) is 2.86. The molecule has 0 aliphatic heterocycles. The van der Waals surface area contributed by atoms with Crippen molar-refractivity contribution in [3.05, 3.63) is 29.3 Å². The van der Waals surface area contributed by atoms with Gasteiger partial charge >= 0.3 is 0 Å². The highest BCUT2D eigenvalue weighted by Crippen LogP contribution is 2.43. The predicted molar refractivity (Wildman–Crippen MR) is 98.1 cm³/mol. The number of hydrogen-bond acceptors (Lipinski definition) is 1. The molecular formula is C19H30NP. The molecule has 1 unspecified atom stereocenters. The SMILES string of the molecule is CC(C)c1cccc(C(C)C)c1N=C1CCCC1P(C)C. The standard InChI is InChI=1S/C19H30NP/c1-13(2)15-9-7-10-16(14(3)4)19(15)20-17-11-8-12-18(17)21(5)6/h7,9-10,13-14,18H,8,11-12H2,1-6H3. The summed E-state index contributed by atoms with van der Waals surface area (Å²) in [6.45, 7) is 13.9. The van der Waals surface area contributed by atoms with Crippen molar-refractivity contribution < 1.29 is 0 Å². The van der Waals surface area contributed by atoms with Gasteiger partial charge in [-0.15, -0.1) is 7.92 Å². The van der Waals surface area contributed by atoms with Crippen molar-refractivity contribution in [2.45, 2.75) is 64.5 Å². The number of rotatable bonds is 4. The van der Waals surface area contributed by atoms with Crippen LogP contribution in [-0.4, -0.2) is 24.7 Å². The van der Waals surface area contributed by atoms with Gasteiger partial charge in [0.05, 0.1) is 5.69 Å². The van der Waals surface area contributed by atoms with Crippen LogP contribution >= 0.6 is 7.92 Å². The van der Waals surface area contributed by atoms with Gasteiger partial charge in [0, 0.05) is 11.4 Å². The smallest absolute Gasteiger partial charge is 0.0698 e. The van der Waals surface area contributed by atoms with Gasteiger partial charge in [-0.1, -0.05) is 45.9 Å². The zero-order valence-electron chi connectivity index (χ0n) is 14.5. The molecule has 0 N–H and O–H groups in total. The van der Waals surface area contributed by atoms with Gasteiger partial charge < -0.3 is 0 Å². The van der Waals surface area contributed by atoms with Crippen LogP contribution in [0.4, 0.5) is 5.69 Å². The Kier molecular flexibility index (Phi) is 5.60. The number of benzene rings is 1. The molecule has 1 aliphatic carbocycles. The second-order valence-electron chi connectivity index (χ2n) is 7.07. The van der Waals surface area contributed by atoms with Gasteiger partial charge in [-0.25, -0.2) is 0 Å². The molecule has 1 aliphatic rings. The van der Waals surface area contributed by atoms with E-state index in [4.69, 9.17) is 4.99 Å². The van der Waals surface area contributed by atoms with Crippen LogP contribution in [0.1, 0.15) is 69.9 Å². The van der Waals surface area contributed by atoms with E-state index in [2.05, 4.69) is 59.2 Å². The molecule has 116 valence electrons. The van der Waals surface area contributed by atoms with E-state index in [1.54, 1.807) is 0 Å². The molecule has 0 heterocycles. The highest BCUT2D eigenvalue weighted by atomic mass is 31.1. The number of aliphatic imine (C=N–C) groups is 1. The van der Waals surface area contributed by atoms with Crippen molar-refractivity contribution in [1.29, 1.82) is 0 Å². The lowest BCUT2D eigenvalue weighted by Crippen LogP contribution is -2.11. The number of hydrogen-bond donors (Lipinski definition) is 0. The summed E-state index contributed by atoms with van der Waals surface area (Å²) in [5.41, 5.74) is 6.33. The van der Waals surface area contributed by atoms with Gasteiger partial charge in [0.1, 0.15) is 0 Å². The lowest BCUT2D eigenvalue weighted by molar-refractivity contribution is 0.834. The first-order chi connectivity index (χ1) is 9.91. The van der Waals surface area contributed by atoms with E-state index in [0.29, 0.717) is 11.8 Å². The summed E-state index contributed by atoms with van der Waals surface area (Å²) >= 11 is 0. The Labute approximate surface area is 132 Å². The van der Waals surface area contributed by atoms with Crippen LogP contribution in [-0.2, 0) is 0 Å². The molecule has 0 amide bonds. The van der Waals surface area contributed by atoms with Gasteiger partial charge in [0.2, 0.25) is 0 Å². The van der Waals surface area contributed by atoms with Crippen molar-refractivity contribution >= 4 is 19.3 Å². The molecule has 0 aromatic heterocycles. The summed E-state index contributed by atoms with van der Waals surface area (Å²) in [6, 6.07) is 6.73. The Morgan fingerprint density at radius 2 is 1.62 bits per heavy atom. The topological polar surface area (TPSA) is 12.4 Å². The number of nitrogens with zero attached hydrogens (tertiary/aromatic N) is 1. The Morgan fingerprint density at radius 1 is 1.05 bits per heavy atom. The molecule has 1 aromatic rings. The molecule has 1 aromatic carbocycles. The van der Waals surface area contributed by atoms with Gasteiger partial charge in [0.25, 0.3) is 0 Å². The molecule has 0 bridgehead atoms. The van der Waals surface area contributed by atoms with Crippen LogP contribution in [0.5, 0.6) is 0 Å². The fraction of sp³-hybridized carbons (Fsp3) is 0.632. The second kappa shape index (κ2) is 7.05. The summed E-state index contributed by atoms with van der Waals surface area (Å²) in [5.74, 6) is 1.07. The fourth-order valence-corrected chi connectivity index (χ4v) is 4.76. The Hall–Kier alpha value is -0.680. The first-order valence-corrected chi connectivity index (χ1v) is 10.6. The maximum Gasteiger partial charge on any atom is 0.0698 e. The number of para-hydroxylation sites is 1. The average molecular weight is 303 g/mol. The highest BCUT2D eigenvalue weighted by molar-refractivity contribution is 7.57. The van der Waals surface area contributed by atoms with Gasteiger partial charge in [-0.2, -0.15) is 0 Å². The van der Waals surface area contributed by atoms with E-state index in [1.165, 1.54) is 41.8 Å². The summed E-state index contributed by atoms with van der Waals surface area (Å²) in [7, 11) is 0.0822. The quantitative estimate of drug-likeness (QED) is 0.579. The maximum absolute atomic E-state index is 5.24. The summed E-state index contributed by atoms with van der Waals surface area (Å²) in [4.78, 5) is 5.24. The summed E-state index contributed by atoms with van der Waals surface area (Å²) < 4.78 is 0. The van der Waals surface area contributed by atoms with Crippen molar-refractivity contribution in [3.63, 3.8) is 0 Å². The van der Waals surface area contributed by atoms with Crippen molar-refractivity contribution in [2.24, 2.45) is 4.99 Å². The van der Waals surface area contributed by atoms with E-state index in [1.807, 2.05) is 0 Å². The monoisotopic (exact) mass is 303 g/mol. The van der Waals surface area contributed by atoms with Crippen molar-refractivity contribution in [3.8, 4) is 0 Å². The Bertz CT molecular complexity index is 488. The normalized spacial score (nSPS) is 21.2. The largest absolute Gasteiger partial charge is 0.257 e. The Balaban J connectivity index is 2.51. The molecule has 0 spiro atoms. The van der Waals surface area contributed by atoms with E-state index < -0.39 is 0 Å². The van der Waals surface area contributed by atoms with Crippen molar-refractivity contribution in [1.82, 2.24) is 0 Å². The van der Waals surface area contributed by atoms with Gasteiger partial charge in [-0.3, -0.25) is 4.99 Å². The molecular weight excluding hydrogens is 273 g/mol. The maximum atomic E-state index is 5.24. The van der Waals surface area contributed by atoms with E-state index >= 15 is 0 Å². The first kappa shape index (κ1) is 16.7. The molecule has 0 radical (unpaired) electrons. The van der Waals surface area contributed by atoms with E-state index in [-0.39, 0.29) is 7.92 Å². The van der Waals surface area contributed by atoms with Gasteiger partial charge in [0.15, 0.2) is 0 Å². The summed E-state index contributed by atoms with van der Waals surface area (Å²) in [6.07, 6.45) is 3.87. The molecule has 2 rings (SSSR count). The molecule has 1 atom stereocenters. The summed E-state index contributed by atoms with van der Waals surface area (Å²) in [5, 5.41) is 0. The fourth-order valence-electron chi connectivity index (χ4n) is 3.28. The minimum absolute atomic E-state index is 0.0822. The van der Waals surface area contributed by atoms with E-state index in [0.717, 1.165) is 5.66 Å². The van der Waals surface area contributed by atoms with E-state index in [9.17, 15) is 0 Å². The minimum atomic E-state index is 0.0822. The third-order valence-corrected chi connectivity index (χ3v) is 6.32. The second-order valence-corrected chi connectivity index (χ2v) is 9.62. The van der Waals surface area contributed by atoms with Crippen LogP contribution in [0.15, 0.2) is 23.2 Å². The molecule has 2 heteroatoms. The van der Waals surface area contributed by atoms with Crippen molar-refractivity contribution in [2.75, 3.05) is 13.3 Å². The van der Waals surface area contributed by atoms with Crippen LogP contribution in [0.25, 0.3) is 0 Å². The third-order valence-electron chi connectivity index (χ3n) is 4.52. The lowest BCUT2D eigenvalue weighted by atomic mass is 9.93. The lowest BCUT2D eigenvalue weighted by Gasteiger charge is -2.20.